The summed E-state index contributed by atoms with van der Waals surface area (Å²) < 4.78 is 10.3. The normalized spacial score (nSPS) is 18.0. The highest BCUT2D eigenvalue weighted by Crippen LogP contribution is 2.24. The minimum atomic E-state index is 0.656. The van der Waals surface area contributed by atoms with Crippen LogP contribution in [0.15, 0.2) is 84.9 Å². The van der Waals surface area contributed by atoms with Gasteiger partial charge in [-0.25, -0.2) is 0 Å². The lowest BCUT2D eigenvalue weighted by Gasteiger charge is -2.29. The Kier molecular flexibility index (Phi) is 6.88. The molecule has 0 aliphatic carbocycles. The maximum absolute atomic E-state index is 5.95. The fourth-order valence-electron chi connectivity index (χ4n) is 4.86. The van der Waals surface area contributed by atoms with Crippen LogP contribution in [0, 0.1) is 4.77 Å². The largest absolute Gasteiger partial charge is 0.497 e. The molecule has 0 bridgehead atoms. The van der Waals surface area contributed by atoms with Gasteiger partial charge < -0.3 is 9.64 Å². The monoisotopic (exact) mass is 471 g/mol. The molecule has 0 unspecified atom stereocenters. The third kappa shape index (κ3) is 4.98. The van der Waals surface area contributed by atoms with E-state index in [4.69, 9.17) is 22.1 Å². The van der Waals surface area contributed by atoms with E-state index in [1.165, 1.54) is 28.9 Å². The van der Waals surface area contributed by atoms with Gasteiger partial charge >= 0.3 is 0 Å². The van der Waals surface area contributed by atoms with Crippen LogP contribution in [0.2, 0.25) is 0 Å². The Hall–Kier alpha value is -3.22. The van der Waals surface area contributed by atoms with E-state index < -0.39 is 0 Å². The van der Waals surface area contributed by atoms with Crippen molar-refractivity contribution < 1.29 is 9.64 Å². The maximum atomic E-state index is 5.95. The van der Waals surface area contributed by atoms with Gasteiger partial charge in [0.05, 0.1) is 26.7 Å². The van der Waals surface area contributed by atoms with Crippen molar-refractivity contribution in [3.05, 3.63) is 101 Å². The summed E-state index contributed by atoms with van der Waals surface area (Å²) >= 11 is 5.95. The predicted molar refractivity (Wildman–Crippen MR) is 138 cm³/mol. The Labute approximate surface area is 206 Å². The van der Waals surface area contributed by atoms with Crippen molar-refractivity contribution in [1.29, 1.82) is 0 Å². The van der Waals surface area contributed by atoms with Crippen molar-refractivity contribution in [3.8, 4) is 17.1 Å². The molecule has 1 aromatic heterocycles. The lowest BCUT2D eigenvalue weighted by molar-refractivity contribution is -0.928. The number of nitrogens with one attached hydrogen (secondary N) is 1. The smallest absolute Gasteiger partial charge is 0.203 e. The molecule has 0 saturated carbocycles. The zero-order valence-electron chi connectivity index (χ0n) is 19.6. The van der Waals surface area contributed by atoms with Crippen molar-refractivity contribution >= 4 is 12.2 Å². The Morgan fingerprint density at radius 3 is 2.21 bits per heavy atom. The quantitative estimate of drug-likeness (QED) is 0.402. The van der Waals surface area contributed by atoms with Gasteiger partial charge in [-0.15, -0.1) is 5.10 Å². The molecular formula is C28H31N4OS+. The molecular weight excluding hydrogens is 440 g/mol. The van der Waals surface area contributed by atoms with E-state index in [9.17, 15) is 0 Å². The number of hydrogen-bond acceptors (Lipinski definition) is 3. The van der Waals surface area contributed by atoms with Crippen LogP contribution >= 0.6 is 12.2 Å². The van der Waals surface area contributed by atoms with Crippen LogP contribution in [-0.4, -0.2) is 34.5 Å². The molecule has 174 valence electrons. The number of methoxy groups -OCH3 is 1. The first kappa shape index (κ1) is 22.6. The summed E-state index contributed by atoms with van der Waals surface area (Å²) in [6.07, 6.45) is 2.39. The molecule has 1 aliphatic heterocycles. The van der Waals surface area contributed by atoms with E-state index in [-0.39, 0.29) is 0 Å². The highest BCUT2D eigenvalue weighted by molar-refractivity contribution is 7.71. The van der Waals surface area contributed by atoms with E-state index in [1.54, 1.807) is 7.11 Å². The molecule has 0 amide bonds. The number of rotatable bonds is 7. The lowest BCUT2D eigenvalue weighted by atomic mass is 9.90. The number of piperidine rings is 1. The van der Waals surface area contributed by atoms with Gasteiger partial charge in [0.15, 0.2) is 12.5 Å². The van der Waals surface area contributed by atoms with E-state index in [2.05, 4.69) is 71.3 Å². The molecule has 6 heteroatoms. The number of hydrogen-bond donors (Lipinski definition) is 1. The van der Waals surface area contributed by atoms with Crippen molar-refractivity contribution in [2.24, 2.45) is 0 Å². The lowest BCUT2D eigenvalue weighted by Crippen LogP contribution is -3.12. The molecule has 1 fully saturated rings. The topological polar surface area (TPSA) is 36.4 Å². The summed E-state index contributed by atoms with van der Waals surface area (Å²) in [7, 11) is 1.68. The van der Waals surface area contributed by atoms with Crippen LogP contribution in [0.3, 0.4) is 0 Å². The van der Waals surface area contributed by atoms with Gasteiger partial charge in [0.25, 0.3) is 0 Å². The van der Waals surface area contributed by atoms with E-state index in [0.717, 1.165) is 41.7 Å². The van der Waals surface area contributed by atoms with Crippen molar-refractivity contribution in [2.45, 2.75) is 32.0 Å². The summed E-state index contributed by atoms with van der Waals surface area (Å²) in [5.41, 5.74) is 3.72. The highest BCUT2D eigenvalue weighted by atomic mass is 32.1. The molecule has 1 saturated heterocycles. The van der Waals surface area contributed by atoms with Crippen molar-refractivity contribution in [3.63, 3.8) is 0 Å². The first-order valence-corrected chi connectivity index (χ1v) is 12.4. The second kappa shape index (κ2) is 10.4. The zero-order valence-corrected chi connectivity index (χ0v) is 20.4. The number of likely N-dealkylation sites (tertiary alicyclic amines) is 1. The molecule has 4 aromatic rings. The Balaban J connectivity index is 1.38. The summed E-state index contributed by atoms with van der Waals surface area (Å²) in [4.78, 5) is 1.54. The fourth-order valence-corrected chi connectivity index (χ4v) is 5.12. The average molecular weight is 472 g/mol. The summed E-state index contributed by atoms with van der Waals surface area (Å²) in [5, 5.41) is 5.02. The molecule has 5 nitrogen and oxygen atoms in total. The standard InChI is InChI=1S/C28H30N4OS/c1-33-26-14-12-25(13-15-26)27-29-32(28(34)31(27)20-22-8-4-2-5-9-22)21-30-18-16-24(17-19-30)23-10-6-3-7-11-23/h2-15,24H,16-21H2,1H3/p+1. The van der Waals surface area contributed by atoms with Crippen LogP contribution < -0.4 is 9.64 Å². The Morgan fingerprint density at radius 2 is 1.56 bits per heavy atom. The molecule has 2 heterocycles. The minimum Gasteiger partial charge on any atom is -0.497 e. The van der Waals surface area contributed by atoms with Crippen LogP contribution in [0.5, 0.6) is 5.75 Å². The Morgan fingerprint density at radius 1 is 0.912 bits per heavy atom. The first-order valence-electron chi connectivity index (χ1n) is 12.0. The maximum Gasteiger partial charge on any atom is 0.203 e. The molecule has 1 N–H and O–H groups in total. The van der Waals surface area contributed by atoms with Gasteiger partial charge in [0, 0.05) is 18.4 Å². The molecule has 0 atom stereocenters. The molecule has 0 spiro atoms. The summed E-state index contributed by atoms with van der Waals surface area (Å²) in [5.74, 6) is 2.39. The average Bonchev–Trinajstić information content (AvgIpc) is 3.20. The van der Waals surface area contributed by atoms with Gasteiger partial charge in [-0.3, -0.25) is 4.57 Å². The predicted octanol–water partition coefficient (Wildman–Crippen LogP) is 4.56. The van der Waals surface area contributed by atoms with Gasteiger partial charge in [-0.2, -0.15) is 4.68 Å². The van der Waals surface area contributed by atoms with Crippen molar-refractivity contribution in [1.82, 2.24) is 14.3 Å². The fraction of sp³-hybridized carbons (Fsp3) is 0.286. The number of ether oxygens (including phenoxy) is 1. The second-order valence-corrected chi connectivity index (χ2v) is 9.36. The Bertz CT molecular complexity index is 1260. The molecule has 1 aliphatic rings. The number of aromatic nitrogens is 3. The summed E-state index contributed by atoms with van der Waals surface area (Å²) in [6, 6.07) is 29.4. The van der Waals surface area contributed by atoms with Gasteiger partial charge in [-0.05, 0) is 53.5 Å². The summed E-state index contributed by atoms with van der Waals surface area (Å²) in [6.45, 7) is 3.76. The number of nitrogens with zero attached hydrogens (tertiary/aromatic N) is 3. The minimum absolute atomic E-state index is 0.656. The third-order valence-electron chi connectivity index (χ3n) is 6.79. The van der Waals surface area contributed by atoms with E-state index >= 15 is 0 Å². The van der Waals surface area contributed by atoms with Gasteiger partial charge in [0.1, 0.15) is 5.75 Å². The molecule has 0 radical (unpaired) electrons. The SMILES string of the molecule is COc1ccc(-c2nn(C[NH+]3CCC(c4ccccc4)CC3)c(=S)n2Cc2ccccc2)cc1. The highest BCUT2D eigenvalue weighted by Gasteiger charge is 2.24. The number of quaternary nitrogens is 1. The van der Waals surface area contributed by atoms with E-state index in [1.807, 2.05) is 22.9 Å². The van der Waals surface area contributed by atoms with Gasteiger partial charge in [-0.1, -0.05) is 60.7 Å². The first-order chi connectivity index (χ1) is 16.7. The third-order valence-corrected chi connectivity index (χ3v) is 7.22. The van der Waals surface area contributed by atoms with Gasteiger partial charge in [0.2, 0.25) is 4.77 Å². The van der Waals surface area contributed by atoms with E-state index in [0.29, 0.717) is 12.5 Å². The van der Waals surface area contributed by atoms with Crippen LogP contribution in [-0.2, 0) is 13.2 Å². The van der Waals surface area contributed by atoms with Crippen LogP contribution in [0.1, 0.15) is 29.9 Å². The van der Waals surface area contributed by atoms with Crippen LogP contribution in [0.4, 0.5) is 0 Å². The molecule has 34 heavy (non-hydrogen) atoms. The van der Waals surface area contributed by atoms with Crippen molar-refractivity contribution in [2.75, 3.05) is 20.2 Å². The molecule has 3 aromatic carbocycles. The van der Waals surface area contributed by atoms with Crippen LogP contribution in [0.25, 0.3) is 11.4 Å². The zero-order chi connectivity index (χ0) is 23.3. The number of benzene rings is 3. The molecule has 5 rings (SSSR count). The second-order valence-electron chi connectivity index (χ2n) is 9.00.